The zero-order valence-corrected chi connectivity index (χ0v) is 16.0. The number of carbonyl (C=O) groups excluding carboxylic acids is 2. The van der Waals surface area contributed by atoms with Crippen molar-refractivity contribution in [3.05, 3.63) is 75.6 Å². The molecule has 9 nitrogen and oxygen atoms in total. The van der Waals surface area contributed by atoms with Crippen molar-refractivity contribution in [1.29, 1.82) is 0 Å². The number of aliphatic carboxylic acids is 1. The minimum atomic E-state index is -1.35. The molecule has 2 aromatic carbocycles. The molecule has 0 saturated heterocycles. The summed E-state index contributed by atoms with van der Waals surface area (Å²) in [5.41, 5.74) is 0.498. The predicted octanol–water partition coefficient (Wildman–Crippen LogP) is 1.59. The number of halogens is 1. The number of rotatable bonds is 9. The molecule has 30 heavy (non-hydrogen) atoms. The Kier molecular flexibility index (Phi) is 7.56. The van der Waals surface area contributed by atoms with Crippen LogP contribution in [0.2, 0.25) is 0 Å². The van der Waals surface area contributed by atoms with Gasteiger partial charge in [0, 0.05) is 31.9 Å². The Hall–Kier alpha value is -3.82. The molecule has 0 unspecified atom stereocenters. The van der Waals surface area contributed by atoms with E-state index < -0.39 is 40.6 Å². The van der Waals surface area contributed by atoms with Crippen molar-refractivity contribution >= 4 is 23.5 Å². The first-order valence-corrected chi connectivity index (χ1v) is 8.94. The van der Waals surface area contributed by atoms with Crippen LogP contribution in [0.3, 0.4) is 0 Å². The van der Waals surface area contributed by atoms with Crippen LogP contribution in [0.5, 0.6) is 0 Å². The molecule has 2 amide bonds. The van der Waals surface area contributed by atoms with Crippen LogP contribution in [0.15, 0.2) is 48.5 Å². The van der Waals surface area contributed by atoms with Crippen LogP contribution in [0.4, 0.5) is 10.1 Å². The zero-order valence-electron chi connectivity index (χ0n) is 16.0. The normalized spacial score (nSPS) is 12.5. The fourth-order valence-corrected chi connectivity index (χ4v) is 2.80. The van der Waals surface area contributed by atoms with Gasteiger partial charge >= 0.3 is 5.97 Å². The van der Waals surface area contributed by atoms with Gasteiger partial charge in [-0.2, -0.15) is 0 Å². The Morgan fingerprint density at radius 2 is 1.67 bits per heavy atom. The highest BCUT2D eigenvalue weighted by atomic mass is 19.1. The SMILES string of the molecule is CC(=O)N[C@@H](Cc1ccccc1F)C(=O)N[C@H](Cc1ccc([N+](=O)[O-])cc1)C(=O)O. The van der Waals surface area contributed by atoms with Gasteiger partial charge in [0.15, 0.2) is 0 Å². The Morgan fingerprint density at radius 3 is 2.20 bits per heavy atom. The van der Waals surface area contributed by atoms with Crippen LogP contribution in [0, 0.1) is 15.9 Å². The number of hydrogen-bond donors (Lipinski definition) is 3. The summed E-state index contributed by atoms with van der Waals surface area (Å²) in [4.78, 5) is 45.9. The first-order valence-electron chi connectivity index (χ1n) is 8.94. The summed E-state index contributed by atoms with van der Waals surface area (Å²) in [6.07, 6.45) is -0.298. The highest BCUT2D eigenvalue weighted by Crippen LogP contribution is 2.14. The third-order valence-corrected chi connectivity index (χ3v) is 4.28. The zero-order chi connectivity index (χ0) is 22.3. The number of amides is 2. The molecule has 2 rings (SSSR count). The molecule has 0 aliphatic rings. The average Bonchev–Trinajstić information content (AvgIpc) is 2.68. The summed E-state index contributed by atoms with van der Waals surface area (Å²) in [5, 5.41) is 24.9. The van der Waals surface area contributed by atoms with E-state index in [1.165, 1.54) is 49.4 Å². The minimum Gasteiger partial charge on any atom is -0.480 e. The van der Waals surface area contributed by atoms with Gasteiger partial charge in [-0.1, -0.05) is 30.3 Å². The van der Waals surface area contributed by atoms with Crippen molar-refractivity contribution in [2.45, 2.75) is 31.8 Å². The molecule has 0 spiro atoms. The molecule has 0 radical (unpaired) electrons. The standard InChI is InChI=1S/C20H20FN3O6/c1-12(25)22-17(11-14-4-2-3-5-16(14)21)19(26)23-18(20(27)28)10-13-6-8-15(9-7-13)24(29)30/h2-9,17-18H,10-11H2,1H3,(H,22,25)(H,23,26)(H,27,28)/t17-,18+/m0/s1. The van der Waals surface area contributed by atoms with Crippen molar-refractivity contribution in [3.8, 4) is 0 Å². The summed E-state index contributed by atoms with van der Waals surface area (Å²) < 4.78 is 13.9. The van der Waals surface area contributed by atoms with Gasteiger partial charge in [-0.05, 0) is 17.2 Å². The molecule has 0 bridgehead atoms. The van der Waals surface area contributed by atoms with E-state index in [-0.39, 0.29) is 24.1 Å². The monoisotopic (exact) mass is 417 g/mol. The number of hydrogen-bond acceptors (Lipinski definition) is 5. The van der Waals surface area contributed by atoms with Crippen molar-refractivity contribution in [2.24, 2.45) is 0 Å². The molecule has 10 heteroatoms. The second-order valence-corrected chi connectivity index (χ2v) is 6.58. The van der Waals surface area contributed by atoms with Gasteiger partial charge in [0.25, 0.3) is 5.69 Å². The number of benzene rings is 2. The van der Waals surface area contributed by atoms with E-state index in [9.17, 15) is 34.0 Å². The van der Waals surface area contributed by atoms with Gasteiger partial charge in [0.1, 0.15) is 17.9 Å². The van der Waals surface area contributed by atoms with Crippen LogP contribution >= 0.6 is 0 Å². The van der Waals surface area contributed by atoms with Gasteiger partial charge in [-0.25, -0.2) is 9.18 Å². The summed E-state index contributed by atoms with van der Waals surface area (Å²) in [6, 6.07) is 8.45. The van der Waals surface area contributed by atoms with E-state index in [2.05, 4.69) is 10.6 Å². The Morgan fingerprint density at radius 1 is 1.03 bits per heavy atom. The van der Waals surface area contributed by atoms with Crippen molar-refractivity contribution < 1.29 is 28.8 Å². The van der Waals surface area contributed by atoms with Crippen molar-refractivity contribution in [2.75, 3.05) is 0 Å². The molecule has 0 aliphatic heterocycles. The lowest BCUT2D eigenvalue weighted by molar-refractivity contribution is -0.384. The van der Waals surface area contributed by atoms with Crippen molar-refractivity contribution in [1.82, 2.24) is 10.6 Å². The lowest BCUT2D eigenvalue weighted by Gasteiger charge is -2.21. The number of nitro groups is 1. The minimum absolute atomic E-state index is 0.133. The second-order valence-electron chi connectivity index (χ2n) is 6.58. The molecule has 3 N–H and O–H groups in total. The molecule has 2 atom stereocenters. The number of carbonyl (C=O) groups is 3. The first-order chi connectivity index (χ1) is 14.2. The van der Waals surface area contributed by atoms with Gasteiger partial charge in [0.05, 0.1) is 4.92 Å². The molecule has 0 saturated carbocycles. The second kappa shape index (κ2) is 10.1. The van der Waals surface area contributed by atoms with E-state index in [1.54, 1.807) is 6.07 Å². The van der Waals surface area contributed by atoms with Crippen LogP contribution in [0.1, 0.15) is 18.1 Å². The fourth-order valence-electron chi connectivity index (χ4n) is 2.80. The third-order valence-electron chi connectivity index (χ3n) is 4.28. The molecule has 0 fully saturated rings. The average molecular weight is 417 g/mol. The maximum Gasteiger partial charge on any atom is 0.326 e. The predicted molar refractivity (Wildman–Crippen MR) is 104 cm³/mol. The lowest BCUT2D eigenvalue weighted by atomic mass is 10.0. The molecule has 0 aliphatic carbocycles. The van der Waals surface area contributed by atoms with Gasteiger partial charge in [-0.15, -0.1) is 0 Å². The summed E-state index contributed by atoms with van der Waals surface area (Å²) in [6.45, 7) is 1.19. The van der Waals surface area contributed by atoms with Crippen molar-refractivity contribution in [3.63, 3.8) is 0 Å². The number of carboxylic acid groups (broad SMARTS) is 1. The highest BCUT2D eigenvalue weighted by molar-refractivity contribution is 5.90. The molecular formula is C20H20FN3O6. The maximum atomic E-state index is 13.9. The molecule has 0 heterocycles. The van der Waals surface area contributed by atoms with Crippen LogP contribution < -0.4 is 10.6 Å². The molecule has 2 aromatic rings. The van der Waals surface area contributed by atoms with Gasteiger partial charge in [-0.3, -0.25) is 19.7 Å². The van der Waals surface area contributed by atoms with Crippen LogP contribution in [-0.4, -0.2) is 39.9 Å². The van der Waals surface area contributed by atoms with Crippen LogP contribution in [-0.2, 0) is 27.2 Å². The molecular weight excluding hydrogens is 397 g/mol. The smallest absolute Gasteiger partial charge is 0.326 e. The van der Waals surface area contributed by atoms with E-state index in [0.717, 1.165) is 0 Å². The van der Waals surface area contributed by atoms with Gasteiger partial charge in [0.2, 0.25) is 11.8 Å². The molecule has 0 aromatic heterocycles. The largest absolute Gasteiger partial charge is 0.480 e. The van der Waals surface area contributed by atoms with Gasteiger partial charge < -0.3 is 15.7 Å². The van der Waals surface area contributed by atoms with E-state index >= 15 is 0 Å². The molecule has 158 valence electrons. The topological polar surface area (TPSA) is 139 Å². The summed E-state index contributed by atoms with van der Waals surface area (Å²) >= 11 is 0. The number of non-ortho nitro benzene ring substituents is 1. The lowest BCUT2D eigenvalue weighted by Crippen LogP contribution is -2.52. The number of carboxylic acids is 1. The number of nitrogens with one attached hydrogen (secondary N) is 2. The Labute approximate surface area is 171 Å². The third kappa shape index (κ3) is 6.36. The fraction of sp³-hybridized carbons (Fsp3) is 0.250. The quantitative estimate of drug-likeness (QED) is 0.418. The highest BCUT2D eigenvalue weighted by Gasteiger charge is 2.27. The maximum absolute atomic E-state index is 13.9. The van der Waals surface area contributed by atoms with E-state index in [0.29, 0.717) is 5.56 Å². The van der Waals surface area contributed by atoms with Crippen LogP contribution in [0.25, 0.3) is 0 Å². The van der Waals surface area contributed by atoms with E-state index in [4.69, 9.17) is 0 Å². The number of nitrogens with zero attached hydrogens (tertiary/aromatic N) is 1. The summed E-state index contributed by atoms with van der Waals surface area (Å²) in [5.74, 6) is -3.20. The first kappa shape index (κ1) is 22.5. The Bertz CT molecular complexity index is 948. The number of nitro benzene ring substituents is 1. The Balaban J connectivity index is 2.14. The van der Waals surface area contributed by atoms with E-state index in [1.807, 2.05) is 0 Å². The summed E-state index contributed by atoms with van der Waals surface area (Å²) in [7, 11) is 0.